The average Bonchev–Trinajstić information content (AvgIpc) is 3.11. The van der Waals surface area contributed by atoms with Gasteiger partial charge in [-0.25, -0.2) is 0 Å². The largest absolute Gasteiger partial charge is 0.360 e. The molecule has 0 unspecified atom stereocenters. The molecule has 0 atom stereocenters. The molecule has 0 spiro atoms. The molecule has 150 valence electrons. The average molecular weight is 384 g/mol. The van der Waals surface area contributed by atoms with Crippen LogP contribution in [0.3, 0.4) is 0 Å². The van der Waals surface area contributed by atoms with Crippen molar-refractivity contribution in [1.82, 2.24) is 15.0 Å². The van der Waals surface area contributed by atoms with E-state index in [2.05, 4.69) is 29.5 Å². The lowest BCUT2D eigenvalue weighted by atomic mass is 10.1. The standard InChI is InChI=1S/C21H28N4O3/c1-3-4-5-17-6-8-18(9-7-17)21(27)25-12-10-24(11-13-25)15-20(26)22-19-14-16(2)28-23-19/h6-9,14H,3-5,10-13,15H2,1-2H3,(H,22,23,26). The molecule has 1 aromatic carbocycles. The smallest absolute Gasteiger partial charge is 0.253 e. The van der Waals surface area contributed by atoms with Crippen molar-refractivity contribution in [3.63, 3.8) is 0 Å². The number of benzene rings is 1. The summed E-state index contributed by atoms with van der Waals surface area (Å²) in [6, 6.07) is 9.63. The van der Waals surface area contributed by atoms with E-state index in [1.165, 1.54) is 18.4 Å². The predicted molar refractivity (Wildman–Crippen MR) is 107 cm³/mol. The van der Waals surface area contributed by atoms with E-state index in [-0.39, 0.29) is 18.4 Å². The van der Waals surface area contributed by atoms with Gasteiger partial charge < -0.3 is 14.7 Å². The van der Waals surface area contributed by atoms with Crippen molar-refractivity contribution in [1.29, 1.82) is 0 Å². The molecule has 1 aromatic heterocycles. The zero-order chi connectivity index (χ0) is 19.9. The Morgan fingerprint density at radius 2 is 1.86 bits per heavy atom. The highest BCUT2D eigenvalue weighted by Gasteiger charge is 2.23. The molecule has 2 heterocycles. The number of unbranched alkanes of at least 4 members (excludes halogenated alkanes) is 1. The first-order chi connectivity index (χ1) is 13.5. The highest BCUT2D eigenvalue weighted by molar-refractivity contribution is 5.94. The molecule has 7 heteroatoms. The van der Waals surface area contributed by atoms with Crippen LogP contribution in [0.5, 0.6) is 0 Å². The summed E-state index contributed by atoms with van der Waals surface area (Å²) in [5.41, 5.74) is 2.00. The Labute approximate surface area is 165 Å². The van der Waals surface area contributed by atoms with Gasteiger partial charge in [-0.3, -0.25) is 14.5 Å². The van der Waals surface area contributed by atoms with Gasteiger partial charge in [-0.2, -0.15) is 0 Å². The van der Waals surface area contributed by atoms with Crippen molar-refractivity contribution < 1.29 is 14.1 Å². The lowest BCUT2D eigenvalue weighted by Gasteiger charge is -2.34. The van der Waals surface area contributed by atoms with Gasteiger partial charge in [0.2, 0.25) is 5.91 Å². The highest BCUT2D eigenvalue weighted by atomic mass is 16.5. The predicted octanol–water partition coefficient (Wildman–Crippen LogP) is 2.72. The second-order valence-electron chi connectivity index (χ2n) is 7.24. The van der Waals surface area contributed by atoms with Gasteiger partial charge in [0.05, 0.1) is 6.54 Å². The molecule has 2 amide bonds. The molecular weight excluding hydrogens is 356 g/mol. The number of carbonyl (C=O) groups excluding carboxylic acids is 2. The van der Waals surface area contributed by atoms with E-state index < -0.39 is 0 Å². The summed E-state index contributed by atoms with van der Waals surface area (Å²) in [5, 5.41) is 6.49. The summed E-state index contributed by atoms with van der Waals surface area (Å²) in [6.45, 7) is 6.81. The van der Waals surface area contributed by atoms with Crippen LogP contribution < -0.4 is 5.32 Å². The summed E-state index contributed by atoms with van der Waals surface area (Å²) in [6.07, 6.45) is 3.39. The van der Waals surface area contributed by atoms with Crippen LogP contribution >= 0.6 is 0 Å². The molecule has 1 saturated heterocycles. The van der Waals surface area contributed by atoms with Gasteiger partial charge in [-0.05, 0) is 37.5 Å². The van der Waals surface area contributed by atoms with Crippen molar-refractivity contribution in [3.05, 3.63) is 47.2 Å². The second-order valence-corrected chi connectivity index (χ2v) is 7.24. The van der Waals surface area contributed by atoms with Gasteiger partial charge in [-0.15, -0.1) is 0 Å². The van der Waals surface area contributed by atoms with Crippen LogP contribution in [-0.2, 0) is 11.2 Å². The fourth-order valence-electron chi connectivity index (χ4n) is 3.30. The zero-order valence-corrected chi connectivity index (χ0v) is 16.6. The van der Waals surface area contributed by atoms with E-state index in [9.17, 15) is 9.59 Å². The van der Waals surface area contributed by atoms with Crippen LogP contribution in [0.25, 0.3) is 0 Å². The maximum absolute atomic E-state index is 12.7. The minimum atomic E-state index is -0.129. The van der Waals surface area contributed by atoms with Crippen molar-refractivity contribution in [2.75, 3.05) is 38.0 Å². The maximum Gasteiger partial charge on any atom is 0.253 e. The van der Waals surface area contributed by atoms with Gasteiger partial charge in [0.25, 0.3) is 5.91 Å². The van der Waals surface area contributed by atoms with Crippen molar-refractivity contribution in [3.8, 4) is 0 Å². The highest BCUT2D eigenvalue weighted by Crippen LogP contribution is 2.13. The first-order valence-corrected chi connectivity index (χ1v) is 9.89. The molecule has 1 fully saturated rings. The van der Waals surface area contributed by atoms with Gasteiger partial charge in [-0.1, -0.05) is 30.6 Å². The first-order valence-electron chi connectivity index (χ1n) is 9.89. The van der Waals surface area contributed by atoms with E-state index in [0.29, 0.717) is 37.8 Å². The molecule has 0 saturated carbocycles. The van der Waals surface area contributed by atoms with Crippen molar-refractivity contribution in [2.45, 2.75) is 33.1 Å². The molecule has 2 aromatic rings. The number of nitrogens with zero attached hydrogens (tertiary/aromatic N) is 3. The third-order valence-corrected chi connectivity index (χ3v) is 4.94. The molecule has 7 nitrogen and oxygen atoms in total. The number of hydrogen-bond donors (Lipinski definition) is 1. The number of amides is 2. The molecule has 28 heavy (non-hydrogen) atoms. The lowest BCUT2D eigenvalue weighted by molar-refractivity contribution is -0.117. The zero-order valence-electron chi connectivity index (χ0n) is 16.6. The Balaban J connectivity index is 1.45. The quantitative estimate of drug-likeness (QED) is 0.794. The summed E-state index contributed by atoms with van der Waals surface area (Å²) in [4.78, 5) is 28.7. The third kappa shape index (κ3) is 5.42. The van der Waals surface area contributed by atoms with Gasteiger partial charge in [0, 0.05) is 37.8 Å². The Kier molecular flexibility index (Phi) is 6.81. The number of aryl methyl sites for hydroxylation is 2. The fourth-order valence-corrected chi connectivity index (χ4v) is 3.30. The van der Waals surface area contributed by atoms with Crippen LogP contribution in [0.1, 0.15) is 41.4 Å². The first kappa shape index (κ1) is 20.1. The van der Waals surface area contributed by atoms with E-state index in [1.807, 2.05) is 21.9 Å². The SMILES string of the molecule is CCCCc1ccc(C(=O)N2CCN(CC(=O)Nc3cc(C)on3)CC2)cc1. The van der Waals surface area contributed by atoms with Crippen LogP contribution in [0.2, 0.25) is 0 Å². The van der Waals surface area contributed by atoms with Gasteiger partial charge in [0.1, 0.15) is 5.76 Å². The normalized spacial score (nSPS) is 14.9. The topological polar surface area (TPSA) is 78.7 Å². The lowest BCUT2D eigenvalue weighted by Crippen LogP contribution is -2.50. The Morgan fingerprint density at radius 3 is 2.46 bits per heavy atom. The Bertz CT molecular complexity index is 792. The molecule has 0 aliphatic carbocycles. The summed E-state index contributed by atoms with van der Waals surface area (Å²) < 4.78 is 4.94. The fraction of sp³-hybridized carbons (Fsp3) is 0.476. The van der Waals surface area contributed by atoms with Gasteiger partial charge >= 0.3 is 0 Å². The van der Waals surface area contributed by atoms with Crippen LogP contribution in [0, 0.1) is 6.92 Å². The summed E-state index contributed by atoms with van der Waals surface area (Å²) in [7, 11) is 0. The van der Waals surface area contributed by atoms with Crippen LogP contribution in [-0.4, -0.2) is 59.5 Å². The van der Waals surface area contributed by atoms with E-state index in [0.717, 1.165) is 12.0 Å². The van der Waals surface area contributed by atoms with Crippen molar-refractivity contribution in [2.24, 2.45) is 0 Å². The van der Waals surface area contributed by atoms with Crippen LogP contribution in [0.15, 0.2) is 34.9 Å². The third-order valence-electron chi connectivity index (χ3n) is 4.94. The van der Waals surface area contributed by atoms with Gasteiger partial charge in [0.15, 0.2) is 5.82 Å². The number of aromatic nitrogens is 1. The van der Waals surface area contributed by atoms with E-state index in [4.69, 9.17) is 4.52 Å². The number of nitrogens with one attached hydrogen (secondary N) is 1. The van der Waals surface area contributed by atoms with E-state index in [1.54, 1.807) is 13.0 Å². The molecule has 1 aliphatic rings. The minimum Gasteiger partial charge on any atom is -0.360 e. The summed E-state index contributed by atoms with van der Waals surface area (Å²) >= 11 is 0. The van der Waals surface area contributed by atoms with E-state index >= 15 is 0 Å². The molecule has 1 N–H and O–H groups in total. The number of piperazine rings is 1. The summed E-state index contributed by atoms with van der Waals surface area (Å²) in [5.74, 6) is 1.01. The second kappa shape index (κ2) is 9.50. The minimum absolute atomic E-state index is 0.0595. The molecule has 0 bridgehead atoms. The number of carbonyl (C=O) groups is 2. The number of anilines is 1. The molecule has 3 rings (SSSR count). The maximum atomic E-state index is 12.7. The number of rotatable bonds is 7. The van der Waals surface area contributed by atoms with Crippen LogP contribution in [0.4, 0.5) is 5.82 Å². The molecule has 1 aliphatic heterocycles. The molecule has 0 radical (unpaired) electrons. The Hall–Kier alpha value is -2.67. The number of hydrogen-bond acceptors (Lipinski definition) is 5. The molecular formula is C21H28N4O3. The monoisotopic (exact) mass is 384 g/mol. The Morgan fingerprint density at radius 1 is 1.14 bits per heavy atom. The van der Waals surface area contributed by atoms with Crippen molar-refractivity contribution >= 4 is 17.6 Å².